The van der Waals surface area contributed by atoms with Crippen LogP contribution in [0, 0.1) is 23.6 Å². The van der Waals surface area contributed by atoms with Crippen molar-refractivity contribution in [3.05, 3.63) is 71.3 Å². The number of allylic oxidation sites excluding steroid dienone is 2. The van der Waals surface area contributed by atoms with Crippen LogP contribution in [-0.4, -0.2) is 42.0 Å². The molecular formula is C35H53FN4O3. The maximum atomic E-state index is 13.8. The Hall–Kier alpha value is -3.42. The van der Waals surface area contributed by atoms with Gasteiger partial charge in [0.25, 0.3) is 0 Å². The van der Waals surface area contributed by atoms with Gasteiger partial charge in [0.15, 0.2) is 0 Å². The zero-order valence-corrected chi connectivity index (χ0v) is 27.2. The molecule has 3 atom stereocenters. The molecule has 3 N–H and O–H groups in total. The van der Waals surface area contributed by atoms with Crippen LogP contribution in [0.5, 0.6) is 5.88 Å². The number of ether oxygens (including phenoxy) is 1. The Morgan fingerprint density at radius 2 is 1.79 bits per heavy atom. The lowest BCUT2D eigenvalue weighted by Gasteiger charge is -2.29. The van der Waals surface area contributed by atoms with Gasteiger partial charge in [0, 0.05) is 24.0 Å². The van der Waals surface area contributed by atoms with E-state index in [0.717, 1.165) is 42.5 Å². The largest absolute Gasteiger partial charge is 0.477 e. The molecule has 2 aromatic rings. The van der Waals surface area contributed by atoms with Crippen LogP contribution in [-0.2, 0) is 22.4 Å². The van der Waals surface area contributed by atoms with E-state index in [1.807, 2.05) is 39.0 Å². The van der Waals surface area contributed by atoms with Crippen LogP contribution < -0.4 is 20.7 Å². The molecule has 0 bridgehead atoms. The fourth-order valence-electron chi connectivity index (χ4n) is 4.89. The van der Waals surface area contributed by atoms with Crippen molar-refractivity contribution in [2.24, 2.45) is 17.8 Å². The topological polar surface area (TPSA) is 92.4 Å². The monoisotopic (exact) mass is 596 g/mol. The van der Waals surface area contributed by atoms with Gasteiger partial charge in [-0.3, -0.25) is 9.59 Å². The van der Waals surface area contributed by atoms with Crippen LogP contribution in [0.3, 0.4) is 0 Å². The highest BCUT2D eigenvalue weighted by atomic mass is 19.1. The molecule has 0 aliphatic heterocycles. The molecule has 238 valence electrons. The second-order valence-corrected chi connectivity index (χ2v) is 12.1. The van der Waals surface area contributed by atoms with Gasteiger partial charge in [-0.2, -0.15) is 0 Å². The third-order valence-corrected chi connectivity index (χ3v) is 7.19. The minimum Gasteiger partial charge on any atom is -0.477 e. The van der Waals surface area contributed by atoms with E-state index in [0.29, 0.717) is 37.8 Å². The molecule has 0 saturated heterocycles. The Morgan fingerprint density at radius 3 is 2.44 bits per heavy atom. The van der Waals surface area contributed by atoms with Crippen molar-refractivity contribution >= 4 is 11.8 Å². The fraction of sp³-hybridized carbons (Fsp3) is 0.571. The average molecular weight is 597 g/mol. The maximum Gasteiger partial charge on any atom is 0.243 e. The minimum absolute atomic E-state index is 0.0152. The first kappa shape index (κ1) is 35.8. The molecule has 43 heavy (non-hydrogen) atoms. The fourth-order valence-corrected chi connectivity index (χ4v) is 4.89. The predicted molar refractivity (Wildman–Crippen MR) is 172 cm³/mol. The molecule has 0 radical (unpaired) electrons. The van der Waals surface area contributed by atoms with E-state index in [2.05, 4.69) is 54.7 Å². The van der Waals surface area contributed by atoms with E-state index in [1.54, 1.807) is 18.3 Å². The molecule has 0 unspecified atom stereocenters. The van der Waals surface area contributed by atoms with E-state index < -0.39 is 12.1 Å². The highest BCUT2D eigenvalue weighted by molar-refractivity contribution is 5.90. The van der Waals surface area contributed by atoms with Crippen molar-refractivity contribution in [3.8, 4) is 5.88 Å². The highest BCUT2D eigenvalue weighted by Gasteiger charge is 2.28. The Kier molecular flexibility index (Phi) is 15.8. The normalized spacial score (nSPS) is 13.9. The van der Waals surface area contributed by atoms with Crippen LogP contribution in [0.2, 0.25) is 0 Å². The van der Waals surface area contributed by atoms with Crippen LogP contribution in [0.15, 0.2) is 54.4 Å². The van der Waals surface area contributed by atoms with Crippen LogP contribution in [0.1, 0.15) is 85.3 Å². The van der Waals surface area contributed by atoms with Crippen molar-refractivity contribution in [2.45, 2.75) is 99.1 Å². The SMILES string of the molecule is CC/C=C(\N[C@@H](C(=O)N[C@@H](CCC)C(=O)NCCCc1cccnc1OCC(C)C)C(C)C)[C@H](C)Cc1cccc(F)c1. The molecule has 2 amide bonds. The number of nitrogens with one attached hydrogen (secondary N) is 3. The van der Waals surface area contributed by atoms with Gasteiger partial charge in [0.1, 0.15) is 17.9 Å². The van der Waals surface area contributed by atoms with Crippen molar-refractivity contribution in [1.82, 2.24) is 20.9 Å². The van der Waals surface area contributed by atoms with Crippen molar-refractivity contribution in [1.29, 1.82) is 0 Å². The van der Waals surface area contributed by atoms with Crippen molar-refractivity contribution < 1.29 is 18.7 Å². The summed E-state index contributed by atoms with van der Waals surface area (Å²) in [5.41, 5.74) is 2.87. The van der Waals surface area contributed by atoms with Crippen molar-refractivity contribution in [3.63, 3.8) is 0 Å². The van der Waals surface area contributed by atoms with E-state index in [9.17, 15) is 14.0 Å². The molecule has 0 saturated carbocycles. The molecule has 1 aromatic heterocycles. The summed E-state index contributed by atoms with van der Waals surface area (Å²) < 4.78 is 19.6. The molecule has 8 heteroatoms. The van der Waals surface area contributed by atoms with Gasteiger partial charge in [-0.15, -0.1) is 0 Å². The predicted octanol–water partition coefficient (Wildman–Crippen LogP) is 6.38. The molecule has 2 rings (SSSR count). The number of nitrogens with zero attached hydrogens (tertiary/aromatic N) is 1. The second kappa shape index (κ2) is 19.0. The summed E-state index contributed by atoms with van der Waals surface area (Å²) in [5.74, 6) is 0.460. The Bertz CT molecular complexity index is 1170. The lowest BCUT2D eigenvalue weighted by atomic mass is 9.94. The Morgan fingerprint density at radius 1 is 1.02 bits per heavy atom. The number of aryl methyl sites for hydroxylation is 1. The number of hydrogen-bond acceptors (Lipinski definition) is 5. The van der Waals surface area contributed by atoms with E-state index in [4.69, 9.17) is 4.74 Å². The summed E-state index contributed by atoms with van der Waals surface area (Å²) in [6.07, 6.45) is 8.03. The van der Waals surface area contributed by atoms with Gasteiger partial charge in [0.2, 0.25) is 17.7 Å². The van der Waals surface area contributed by atoms with Gasteiger partial charge in [-0.25, -0.2) is 9.37 Å². The first-order valence-corrected chi connectivity index (χ1v) is 15.9. The number of rotatable bonds is 19. The van der Waals surface area contributed by atoms with E-state index >= 15 is 0 Å². The lowest BCUT2D eigenvalue weighted by molar-refractivity contribution is -0.130. The third kappa shape index (κ3) is 12.8. The van der Waals surface area contributed by atoms with Gasteiger partial charge < -0.3 is 20.7 Å². The summed E-state index contributed by atoms with van der Waals surface area (Å²) in [6, 6.07) is 9.39. The number of aromatic nitrogens is 1. The molecule has 0 spiro atoms. The number of carbonyl (C=O) groups is 2. The first-order chi connectivity index (χ1) is 20.5. The summed E-state index contributed by atoms with van der Waals surface area (Å²) >= 11 is 0. The van der Waals surface area contributed by atoms with Crippen LogP contribution >= 0.6 is 0 Å². The zero-order valence-electron chi connectivity index (χ0n) is 27.2. The zero-order chi connectivity index (χ0) is 31.8. The third-order valence-electron chi connectivity index (χ3n) is 7.19. The number of hydrogen-bond donors (Lipinski definition) is 3. The number of amides is 2. The quantitative estimate of drug-likeness (QED) is 0.164. The summed E-state index contributed by atoms with van der Waals surface area (Å²) in [7, 11) is 0. The molecule has 0 fully saturated rings. The summed E-state index contributed by atoms with van der Waals surface area (Å²) in [4.78, 5) is 31.1. The van der Waals surface area contributed by atoms with Crippen LogP contribution in [0.25, 0.3) is 0 Å². The smallest absolute Gasteiger partial charge is 0.243 e. The minimum atomic E-state index is -0.618. The summed E-state index contributed by atoms with van der Waals surface area (Å²) in [5, 5.41) is 9.51. The number of pyridine rings is 1. The lowest BCUT2D eigenvalue weighted by Crippen LogP contribution is -2.54. The van der Waals surface area contributed by atoms with E-state index in [1.165, 1.54) is 6.07 Å². The highest BCUT2D eigenvalue weighted by Crippen LogP contribution is 2.19. The standard InChI is InChI=1S/C35H53FN4O3/c1-8-13-30(26(7)21-27-15-10-18-29(36)22-27)39-32(25(5)6)34(42)40-31(14-9-2)33(41)37-19-11-16-28-17-12-20-38-35(28)43-23-24(3)4/h10,12-13,15,17-18,20,22,24-26,31-32,39H,8-9,11,14,16,19,21,23H2,1-7H3,(H,37,41)(H,40,42)/b30-13-/t26-,31+,32-/m1/s1. The van der Waals surface area contributed by atoms with Gasteiger partial charge in [-0.05, 0) is 73.6 Å². The average Bonchev–Trinajstić information content (AvgIpc) is 2.96. The van der Waals surface area contributed by atoms with Crippen molar-refractivity contribution in [2.75, 3.05) is 13.2 Å². The Balaban J connectivity index is 1.99. The van der Waals surface area contributed by atoms with E-state index in [-0.39, 0.29) is 29.5 Å². The molecule has 0 aliphatic rings. The molecule has 0 aliphatic carbocycles. The van der Waals surface area contributed by atoms with Gasteiger partial charge >= 0.3 is 0 Å². The number of halogens is 1. The van der Waals surface area contributed by atoms with Gasteiger partial charge in [-0.1, -0.05) is 79.2 Å². The number of benzene rings is 1. The summed E-state index contributed by atoms with van der Waals surface area (Å²) in [6.45, 7) is 15.4. The maximum absolute atomic E-state index is 13.8. The van der Waals surface area contributed by atoms with Gasteiger partial charge in [0.05, 0.1) is 6.61 Å². The Labute approximate surface area is 258 Å². The number of carbonyl (C=O) groups excluding carboxylic acids is 2. The first-order valence-electron chi connectivity index (χ1n) is 15.9. The molecule has 1 heterocycles. The molecular weight excluding hydrogens is 543 g/mol. The molecule has 1 aromatic carbocycles. The molecule has 7 nitrogen and oxygen atoms in total. The second-order valence-electron chi connectivity index (χ2n) is 12.1. The van der Waals surface area contributed by atoms with Crippen LogP contribution in [0.4, 0.5) is 4.39 Å².